The van der Waals surface area contributed by atoms with Crippen molar-refractivity contribution in [3.05, 3.63) is 22.7 Å². The Morgan fingerprint density at radius 2 is 2.07 bits per heavy atom. The first-order chi connectivity index (χ1) is 7.08. The average Bonchev–Trinajstić information content (AvgIpc) is 2.18. The second kappa shape index (κ2) is 5.07. The molecule has 0 saturated heterocycles. The largest absolute Gasteiger partial charge is 0.477 e. The number of carboxylic acid groups (broad SMARTS) is 1. The molecular weight excluding hydrogens is 216 g/mol. The van der Waals surface area contributed by atoms with Crippen molar-refractivity contribution >= 4 is 17.6 Å². The van der Waals surface area contributed by atoms with E-state index < -0.39 is 5.97 Å². The van der Waals surface area contributed by atoms with Gasteiger partial charge in [-0.2, -0.15) is 0 Å². The average molecular weight is 229 g/mol. The Kier molecular flexibility index (Phi) is 4.03. The van der Waals surface area contributed by atoms with Gasteiger partial charge in [-0.3, -0.25) is 0 Å². The van der Waals surface area contributed by atoms with E-state index in [1.165, 1.54) is 6.07 Å². The van der Waals surface area contributed by atoms with Crippen molar-refractivity contribution in [1.29, 1.82) is 0 Å². The molecule has 0 aliphatic rings. The summed E-state index contributed by atoms with van der Waals surface area (Å²) in [5.74, 6) is -0.391. The van der Waals surface area contributed by atoms with Crippen LogP contribution in [0.5, 0.6) is 0 Å². The molecule has 1 aromatic rings. The first-order valence-corrected chi connectivity index (χ1v) is 5.24. The zero-order chi connectivity index (χ0) is 11.4. The van der Waals surface area contributed by atoms with Crippen LogP contribution in [-0.4, -0.2) is 21.0 Å². The van der Waals surface area contributed by atoms with Crippen molar-refractivity contribution in [2.24, 2.45) is 0 Å². The minimum Gasteiger partial charge on any atom is -0.477 e. The van der Waals surface area contributed by atoms with Crippen LogP contribution >= 0.6 is 11.6 Å². The van der Waals surface area contributed by atoms with Crippen molar-refractivity contribution in [2.75, 3.05) is 0 Å². The third-order valence-electron chi connectivity index (χ3n) is 2.28. The van der Waals surface area contributed by atoms with Crippen molar-refractivity contribution < 1.29 is 9.90 Å². The van der Waals surface area contributed by atoms with Crippen LogP contribution in [-0.2, 0) is 0 Å². The van der Waals surface area contributed by atoms with Gasteiger partial charge in [0.2, 0.25) is 0 Å². The number of carboxylic acids is 1. The topological polar surface area (TPSA) is 63.1 Å². The maximum atomic E-state index is 10.8. The molecule has 15 heavy (non-hydrogen) atoms. The second-order valence-corrected chi connectivity index (χ2v) is 3.64. The zero-order valence-corrected chi connectivity index (χ0v) is 9.45. The lowest BCUT2D eigenvalue weighted by molar-refractivity contribution is 0.0689. The number of hydrogen-bond donors (Lipinski definition) is 1. The van der Waals surface area contributed by atoms with Crippen LogP contribution in [0.15, 0.2) is 6.07 Å². The van der Waals surface area contributed by atoms with Crippen LogP contribution in [0.4, 0.5) is 0 Å². The lowest BCUT2D eigenvalue weighted by Crippen LogP contribution is -2.08. The molecule has 0 saturated carbocycles. The summed E-state index contributed by atoms with van der Waals surface area (Å²) in [4.78, 5) is 18.8. The maximum Gasteiger partial charge on any atom is 0.354 e. The molecule has 0 spiro atoms. The van der Waals surface area contributed by atoms with E-state index in [1.54, 1.807) is 0 Å². The molecule has 0 radical (unpaired) electrons. The highest BCUT2D eigenvalue weighted by atomic mass is 35.5. The monoisotopic (exact) mass is 228 g/mol. The minimum absolute atomic E-state index is 0.0445. The molecule has 0 aliphatic heterocycles. The van der Waals surface area contributed by atoms with E-state index in [2.05, 4.69) is 9.97 Å². The van der Waals surface area contributed by atoms with E-state index in [9.17, 15) is 4.79 Å². The summed E-state index contributed by atoms with van der Waals surface area (Å²) in [5.41, 5.74) is -0.0445. The number of hydrogen-bond acceptors (Lipinski definition) is 3. The van der Waals surface area contributed by atoms with Gasteiger partial charge < -0.3 is 5.11 Å². The summed E-state index contributed by atoms with van der Waals surface area (Å²) in [6, 6.07) is 1.26. The van der Waals surface area contributed by atoms with Gasteiger partial charge in [-0.1, -0.05) is 25.4 Å². The molecule has 1 N–H and O–H groups in total. The molecule has 1 heterocycles. The maximum absolute atomic E-state index is 10.8. The number of nitrogens with zero attached hydrogens (tertiary/aromatic N) is 2. The summed E-state index contributed by atoms with van der Waals surface area (Å²) in [5, 5.41) is 9.00. The summed E-state index contributed by atoms with van der Waals surface area (Å²) < 4.78 is 0. The van der Waals surface area contributed by atoms with E-state index >= 15 is 0 Å². The highest BCUT2D eigenvalue weighted by Crippen LogP contribution is 2.21. The van der Waals surface area contributed by atoms with E-state index in [1.807, 2.05) is 13.8 Å². The molecule has 0 aliphatic carbocycles. The second-order valence-electron chi connectivity index (χ2n) is 3.25. The van der Waals surface area contributed by atoms with E-state index in [0.717, 1.165) is 12.8 Å². The first-order valence-electron chi connectivity index (χ1n) is 4.86. The van der Waals surface area contributed by atoms with Crippen molar-refractivity contribution in [1.82, 2.24) is 9.97 Å². The fourth-order valence-corrected chi connectivity index (χ4v) is 1.57. The molecule has 4 nitrogen and oxygen atoms in total. The molecule has 0 fully saturated rings. The Bertz CT molecular complexity index is 364. The van der Waals surface area contributed by atoms with Crippen LogP contribution in [0.2, 0.25) is 5.15 Å². The van der Waals surface area contributed by atoms with Crippen LogP contribution in [0.1, 0.15) is 48.9 Å². The van der Waals surface area contributed by atoms with Gasteiger partial charge in [0.05, 0.1) is 0 Å². The van der Waals surface area contributed by atoms with Crippen molar-refractivity contribution in [3.8, 4) is 0 Å². The summed E-state index contributed by atoms with van der Waals surface area (Å²) in [6.45, 7) is 4.03. The smallest absolute Gasteiger partial charge is 0.354 e. The number of rotatable bonds is 4. The standard InChI is InChI=1S/C10H13ClN2O2/c1-3-6(4-2)9-12-7(10(14)15)5-8(11)13-9/h5-6H,3-4H2,1-2H3,(H,14,15). The van der Waals surface area contributed by atoms with Gasteiger partial charge in [0, 0.05) is 12.0 Å². The number of carbonyl (C=O) groups is 1. The predicted octanol–water partition coefficient (Wildman–Crippen LogP) is 2.73. The normalized spacial score (nSPS) is 10.7. The lowest BCUT2D eigenvalue weighted by Gasteiger charge is -2.11. The van der Waals surface area contributed by atoms with Crippen molar-refractivity contribution in [3.63, 3.8) is 0 Å². The minimum atomic E-state index is -1.08. The Balaban J connectivity index is 3.13. The highest BCUT2D eigenvalue weighted by molar-refractivity contribution is 6.29. The molecular formula is C10H13ClN2O2. The third kappa shape index (κ3) is 2.89. The summed E-state index contributed by atoms with van der Waals surface area (Å²) in [7, 11) is 0. The van der Waals surface area contributed by atoms with Crippen molar-refractivity contribution in [2.45, 2.75) is 32.6 Å². The van der Waals surface area contributed by atoms with Gasteiger partial charge in [-0.15, -0.1) is 0 Å². The third-order valence-corrected chi connectivity index (χ3v) is 2.48. The molecule has 0 aromatic carbocycles. The van der Waals surface area contributed by atoms with Gasteiger partial charge in [0.1, 0.15) is 11.0 Å². The Morgan fingerprint density at radius 1 is 1.47 bits per heavy atom. The van der Waals surface area contributed by atoms with Gasteiger partial charge in [0.25, 0.3) is 0 Å². The zero-order valence-electron chi connectivity index (χ0n) is 8.70. The molecule has 0 amide bonds. The number of aromatic nitrogens is 2. The molecule has 5 heteroatoms. The number of halogens is 1. The fraction of sp³-hybridized carbons (Fsp3) is 0.500. The van der Waals surface area contributed by atoms with Crippen LogP contribution in [0, 0.1) is 0 Å². The summed E-state index contributed by atoms with van der Waals surface area (Å²) >= 11 is 5.74. The van der Waals surface area contributed by atoms with Crippen LogP contribution < -0.4 is 0 Å². The molecule has 0 unspecified atom stereocenters. The lowest BCUT2D eigenvalue weighted by atomic mass is 10.0. The fourth-order valence-electron chi connectivity index (χ4n) is 1.38. The SMILES string of the molecule is CCC(CC)c1nc(Cl)cc(C(=O)O)n1. The van der Waals surface area contributed by atoms with Gasteiger partial charge in [-0.05, 0) is 12.8 Å². The Morgan fingerprint density at radius 3 is 2.53 bits per heavy atom. The molecule has 1 aromatic heterocycles. The molecule has 0 atom stereocenters. The molecule has 82 valence electrons. The van der Waals surface area contributed by atoms with Crippen LogP contribution in [0.25, 0.3) is 0 Å². The highest BCUT2D eigenvalue weighted by Gasteiger charge is 2.15. The Labute approximate surface area is 93.3 Å². The van der Waals surface area contributed by atoms with Crippen LogP contribution in [0.3, 0.4) is 0 Å². The Hall–Kier alpha value is -1.16. The van der Waals surface area contributed by atoms with Gasteiger partial charge >= 0.3 is 5.97 Å². The molecule has 0 bridgehead atoms. The number of aromatic carboxylic acids is 1. The van der Waals surface area contributed by atoms with E-state index in [0.29, 0.717) is 5.82 Å². The molecule has 1 rings (SSSR count). The summed E-state index contributed by atoms with van der Waals surface area (Å²) in [6.07, 6.45) is 1.74. The van der Waals surface area contributed by atoms with Gasteiger partial charge in [0.15, 0.2) is 5.69 Å². The first kappa shape index (κ1) is 11.9. The quantitative estimate of drug-likeness (QED) is 0.805. The predicted molar refractivity (Wildman–Crippen MR) is 57.3 cm³/mol. The van der Waals surface area contributed by atoms with E-state index in [-0.39, 0.29) is 16.8 Å². The van der Waals surface area contributed by atoms with E-state index in [4.69, 9.17) is 16.7 Å². The van der Waals surface area contributed by atoms with Gasteiger partial charge in [-0.25, -0.2) is 14.8 Å².